The first-order valence-electron chi connectivity index (χ1n) is 7.19. The number of hydrogen-bond acceptors (Lipinski definition) is 3. The Kier molecular flexibility index (Phi) is 3.44. The van der Waals surface area contributed by atoms with Gasteiger partial charge in [-0.2, -0.15) is 10.2 Å². The Hall–Kier alpha value is -2.63. The van der Waals surface area contributed by atoms with E-state index in [1.54, 1.807) is 6.07 Å². The minimum atomic E-state index is -0.240. The van der Waals surface area contributed by atoms with Gasteiger partial charge in [0.15, 0.2) is 12.5 Å². The second kappa shape index (κ2) is 5.29. The predicted molar refractivity (Wildman–Crippen MR) is 83.1 cm³/mol. The summed E-state index contributed by atoms with van der Waals surface area (Å²) < 4.78 is 3.85. The lowest BCUT2D eigenvalue weighted by Crippen LogP contribution is -2.24. The third-order valence-corrected chi connectivity index (χ3v) is 3.69. The topological polar surface area (TPSA) is 68.5 Å². The number of hydrogen-bond donors (Lipinski definition) is 1. The molecule has 3 aromatic rings. The molecule has 0 saturated carbocycles. The molecular formula is C16H19N5O. The molecule has 0 aliphatic carbocycles. The molecule has 114 valence electrons. The quantitative estimate of drug-likeness (QED) is 0.752. The van der Waals surface area contributed by atoms with Crippen molar-refractivity contribution >= 4 is 6.29 Å². The lowest BCUT2D eigenvalue weighted by Gasteiger charge is -2.20. The fourth-order valence-corrected chi connectivity index (χ4v) is 2.80. The first-order valence-corrected chi connectivity index (χ1v) is 7.19. The minimum Gasteiger partial charge on any atom is -0.353 e. The van der Waals surface area contributed by atoms with Crippen LogP contribution in [0, 0.1) is 27.7 Å². The number of aryl methyl sites for hydroxylation is 4. The number of aromatic nitrogens is 5. The summed E-state index contributed by atoms with van der Waals surface area (Å²) in [5.74, 6) is 0. The van der Waals surface area contributed by atoms with Crippen molar-refractivity contribution in [3.63, 3.8) is 0 Å². The third kappa shape index (κ3) is 2.36. The largest absolute Gasteiger partial charge is 0.353 e. The van der Waals surface area contributed by atoms with Gasteiger partial charge in [0.2, 0.25) is 0 Å². The van der Waals surface area contributed by atoms with Crippen molar-refractivity contribution in [3.8, 4) is 0 Å². The van der Waals surface area contributed by atoms with E-state index in [0.29, 0.717) is 5.69 Å². The maximum Gasteiger partial charge on any atom is 0.183 e. The zero-order chi connectivity index (χ0) is 15.9. The van der Waals surface area contributed by atoms with Crippen LogP contribution in [0.25, 0.3) is 0 Å². The molecule has 22 heavy (non-hydrogen) atoms. The van der Waals surface area contributed by atoms with Gasteiger partial charge < -0.3 is 4.98 Å². The highest BCUT2D eigenvalue weighted by Crippen LogP contribution is 2.23. The second-order valence-corrected chi connectivity index (χ2v) is 5.60. The number of nitrogens with zero attached hydrogens (tertiary/aromatic N) is 4. The number of aromatic amines is 1. The average Bonchev–Trinajstić information content (AvgIpc) is 3.13. The smallest absolute Gasteiger partial charge is 0.183 e. The van der Waals surface area contributed by atoms with Gasteiger partial charge in [-0.25, -0.2) is 9.36 Å². The van der Waals surface area contributed by atoms with Crippen LogP contribution in [-0.4, -0.2) is 30.8 Å². The van der Waals surface area contributed by atoms with E-state index >= 15 is 0 Å². The van der Waals surface area contributed by atoms with E-state index in [1.807, 2.05) is 55.3 Å². The highest BCUT2D eigenvalue weighted by atomic mass is 16.1. The number of carbonyl (C=O) groups excluding carboxylic acids is 1. The van der Waals surface area contributed by atoms with Crippen LogP contribution in [0.1, 0.15) is 45.1 Å². The molecule has 0 aromatic carbocycles. The van der Waals surface area contributed by atoms with Gasteiger partial charge in [-0.1, -0.05) is 0 Å². The van der Waals surface area contributed by atoms with Crippen molar-refractivity contribution in [1.29, 1.82) is 0 Å². The van der Waals surface area contributed by atoms with Gasteiger partial charge in [-0.15, -0.1) is 0 Å². The highest BCUT2D eigenvalue weighted by Gasteiger charge is 2.23. The SMILES string of the molecule is Cc1cc(C)n(C(c2ccc(C=O)[nH]2)n2nc(C)cc2C)n1. The molecule has 0 amide bonds. The summed E-state index contributed by atoms with van der Waals surface area (Å²) in [7, 11) is 0. The van der Waals surface area contributed by atoms with Crippen LogP contribution in [0.4, 0.5) is 0 Å². The molecule has 0 atom stereocenters. The van der Waals surface area contributed by atoms with Gasteiger partial charge in [0.25, 0.3) is 0 Å². The molecule has 3 heterocycles. The van der Waals surface area contributed by atoms with E-state index in [9.17, 15) is 4.79 Å². The maximum absolute atomic E-state index is 11.0. The lowest BCUT2D eigenvalue weighted by atomic mass is 10.3. The highest BCUT2D eigenvalue weighted by molar-refractivity contribution is 5.72. The molecule has 0 unspecified atom stereocenters. The summed E-state index contributed by atoms with van der Waals surface area (Å²) in [4.78, 5) is 14.1. The van der Waals surface area contributed by atoms with Crippen LogP contribution in [0.3, 0.4) is 0 Å². The maximum atomic E-state index is 11.0. The van der Waals surface area contributed by atoms with Crippen LogP contribution >= 0.6 is 0 Å². The number of rotatable bonds is 4. The van der Waals surface area contributed by atoms with Gasteiger partial charge >= 0.3 is 0 Å². The van der Waals surface area contributed by atoms with Crippen LogP contribution in [0.15, 0.2) is 24.3 Å². The Labute approximate surface area is 128 Å². The Morgan fingerprint density at radius 3 is 1.91 bits per heavy atom. The number of H-pyrrole nitrogens is 1. The average molecular weight is 297 g/mol. The van der Waals surface area contributed by atoms with E-state index < -0.39 is 0 Å². The van der Waals surface area contributed by atoms with E-state index in [4.69, 9.17) is 0 Å². The molecule has 6 nitrogen and oxygen atoms in total. The zero-order valence-electron chi connectivity index (χ0n) is 13.2. The van der Waals surface area contributed by atoms with Gasteiger partial charge in [-0.3, -0.25) is 4.79 Å². The molecule has 1 N–H and O–H groups in total. The molecule has 0 spiro atoms. The first kappa shape index (κ1) is 14.3. The second-order valence-electron chi connectivity index (χ2n) is 5.60. The van der Waals surface area contributed by atoms with Gasteiger partial charge in [-0.05, 0) is 52.0 Å². The van der Waals surface area contributed by atoms with Crippen molar-refractivity contribution < 1.29 is 4.79 Å². The molecule has 0 aliphatic rings. The Balaban J connectivity index is 2.19. The molecule has 0 fully saturated rings. The van der Waals surface area contributed by atoms with Gasteiger partial charge in [0, 0.05) is 11.4 Å². The van der Waals surface area contributed by atoms with E-state index in [-0.39, 0.29) is 6.17 Å². The molecule has 3 rings (SSSR count). The third-order valence-electron chi connectivity index (χ3n) is 3.69. The molecular weight excluding hydrogens is 278 g/mol. The van der Waals surface area contributed by atoms with E-state index in [0.717, 1.165) is 34.8 Å². The minimum absolute atomic E-state index is 0.240. The summed E-state index contributed by atoms with van der Waals surface area (Å²) >= 11 is 0. The Morgan fingerprint density at radius 1 is 1.00 bits per heavy atom. The fourth-order valence-electron chi connectivity index (χ4n) is 2.80. The summed E-state index contributed by atoms with van der Waals surface area (Å²) in [5, 5.41) is 9.19. The first-order chi connectivity index (χ1) is 10.5. The molecule has 6 heteroatoms. The van der Waals surface area contributed by atoms with E-state index in [2.05, 4.69) is 15.2 Å². The van der Waals surface area contributed by atoms with Crippen LogP contribution < -0.4 is 0 Å². The zero-order valence-corrected chi connectivity index (χ0v) is 13.2. The van der Waals surface area contributed by atoms with Crippen molar-refractivity contribution in [2.75, 3.05) is 0 Å². The summed E-state index contributed by atoms with van der Waals surface area (Å²) in [6, 6.07) is 7.73. The van der Waals surface area contributed by atoms with Gasteiger partial charge in [0.05, 0.1) is 22.8 Å². The molecule has 0 aliphatic heterocycles. The lowest BCUT2D eigenvalue weighted by molar-refractivity contribution is 0.111. The normalized spacial score (nSPS) is 11.3. The molecule has 0 bridgehead atoms. The monoisotopic (exact) mass is 297 g/mol. The van der Waals surface area contributed by atoms with Crippen LogP contribution in [0.2, 0.25) is 0 Å². The standard InChI is InChI=1S/C16H19N5O/c1-10-7-12(3)20(18-10)16(15-6-5-14(9-22)17-15)21-13(4)8-11(2)19-21/h5-9,16-17H,1-4H3. The molecule has 0 saturated heterocycles. The van der Waals surface area contributed by atoms with Crippen LogP contribution in [-0.2, 0) is 0 Å². The van der Waals surface area contributed by atoms with Crippen LogP contribution in [0.5, 0.6) is 0 Å². The molecule has 0 radical (unpaired) electrons. The molecule has 3 aromatic heterocycles. The van der Waals surface area contributed by atoms with Gasteiger partial charge in [0.1, 0.15) is 0 Å². The fraction of sp³-hybridized carbons (Fsp3) is 0.312. The number of nitrogens with one attached hydrogen (secondary N) is 1. The Morgan fingerprint density at radius 2 is 1.55 bits per heavy atom. The predicted octanol–water partition coefficient (Wildman–Crippen LogP) is 2.55. The summed E-state index contributed by atoms with van der Waals surface area (Å²) in [5.41, 5.74) is 5.40. The summed E-state index contributed by atoms with van der Waals surface area (Å²) in [6.45, 7) is 7.96. The van der Waals surface area contributed by atoms with Crippen molar-refractivity contribution in [2.24, 2.45) is 0 Å². The number of carbonyl (C=O) groups is 1. The van der Waals surface area contributed by atoms with Crippen molar-refractivity contribution in [3.05, 3.63) is 58.4 Å². The van der Waals surface area contributed by atoms with E-state index in [1.165, 1.54) is 0 Å². The summed E-state index contributed by atoms with van der Waals surface area (Å²) in [6.07, 6.45) is 0.569. The Bertz CT molecular complexity index is 777. The van der Waals surface area contributed by atoms with Crippen molar-refractivity contribution in [2.45, 2.75) is 33.9 Å². The number of aldehydes is 1. The van der Waals surface area contributed by atoms with Crippen molar-refractivity contribution in [1.82, 2.24) is 24.5 Å².